The number of anilines is 1. The molecule has 0 bridgehead atoms. The molecule has 2 amide bonds. The Kier molecular flexibility index (Phi) is 7.90. The number of thiophene rings is 1. The third kappa shape index (κ3) is 5.03. The molecular formula is C22H25ClN2O4S. The Hall–Kier alpha value is -2.35. The highest BCUT2D eigenvalue weighted by Gasteiger charge is 2.39. The highest BCUT2D eigenvalue weighted by atomic mass is 35.5. The number of hydrogen-bond acceptors (Lipinski definition) is 6. The van der Waals surface area contributed by atoms with Crippen LogP contribution in [0.1, 0.15) is 31.1 Å². The van der Waals surface area contributed by atoms with Gasteiger partial charge in [-0.15, -0.1) is 11.3 Å². The number of nitrogens with zero attached hydrogens (tertiary/aromatic N) is 1. The van der Waals surface area contributed by atoms with Crippen molar-refractivity contribution in [2.24, 2.45) is 0 Å². The van der Waals surface area contributed by atoms with Gasteiger partial charge < -0.3 is 14.8 Å². The lowest BCUT2D eigenvalue weighted by molar-refractivity contribution is -0.137. The van der Waals surface area contributed by atoms with Crippen molar-refractivity contribution in [3.63, 3.8) is 0 Å². The minimum absolute atomic E-state index is 0.260. The maximum Gasteiger partial charge on any atom is 0.278 e. The van der Waals surface area contributed by atoms with E-state index in [1.165, 1.54) is 23.3 Å². The molecule has 8 heteroatoms. The average molecular weight is 449 g/mol. The van der Waals surface area contributed by atoms with Crippen LogP contribution in [0.3, 0.4) is 0 Å². The Bertz CT molecular complexity index is 927. The van der Waals surface area contributed by atoms with E-state index >= 15 is 0 Å². The number of carbonyl (C=O) groups is 2. The largest absolute Gasteiger partial charge is 0.495 e. The summed E-state index contributed by atoms with van der Waals surface area (Å²) in [7, 11) is 1.54. The molecule has 2 heterocycles. The van der Waals surface area contributed by atoms with Gasteiger partial charge in [0, 0.05) is 30.3 Å². The number of carbonyl (C=O) groups excluding carboxylic acids is 2. The van der Waals surface area contributed by atoms with Gasteiger partial charge in [-0.1, -0.05) is 31.0 Å². The normalized spacial score (nSPS) is 14.0. The van der Waals surface area contributed by atoms with E-state index in [4.69, 9.17) is 21.1 Å². The van der Waals surface area contributed by atoms with Gasteiger partial charge in [0.1, 0.15) is 11.4 Å². The number of imide groups is 1. The van der Waals surface area contributed by atoms with Crippen LogP contribution in [0.4, 0.5) is 5.69 Å². The molecule has 0 aliphatic carbocycles. The Balaban J connectivity index is 1.78. The van der Waals surface area contributed by atoms with Crippen LogP contribution in [0.5, 0.6) is 5.75 Å². The first-order valence-corrected chi connectivity index (χ1v) is 11.1. The van der Waals surface area contributed by atoms with Crippen molar-refractivity contribution in [1.82, 2.24) is 4.90 Å². The fraction of sp³-hybridized carbons (Fsp3) is 0.364. The third-order valence-electron chi connectivity index (χ3n) is 4.67. The van der Waals surface area contributed by atoms with E-state index in [1.54, 1.807) is 18.2 Å². The molecule has 0 atom stereocenters. The lowest BCUT2D eigenvalue weighted by atomic mass is 10.2. The third-order valence-corrected chi connectivity index (χ3v) is 5.85. The first-order chi connectivity index (χ1) is 14.6. The predicted octanol–water partition coefficient (Wildman–Crippen LogP) is 4.81. The SMILES string of the molecule is CCCCOCCCN1C(=O)C(Nc2ccc(OC)c(Cl)c2)=C(c2cccs2)C1=O. The molecular weight excluding hydrogens is 424 g/mol. The molecule has 0 unspecified atom stereocenters. The number of halogens is 1. The Labute approximate surface area is 185 Å². The van der Waals surface area contributed by atoms with Crippen molar-refractivity contribution in [1.29, 1.82) is 0 Å². The fourth-order valence-corrected chi connectivity index (χ4v) is 4.13. The molecule has 0 saturated carbocycles. The molecule has 1 N–H and O–H groups in total. The number of amides is 2. The molecule has 1 aliphatic rings. The molecule has 0 radical (unpaired) electrons. The maximum atomic E-state index is 13.1. The average Bonchev–Trinajstić information content (AvgIpc) is 3.33. The Morgan fingerprint density at radius 2 is 1.93 bits per heavy atom. The van der Waals surface area contributed by atoms with E-state index in [2.05, 4.69) is 12.2 Å². The van der Waals surface area contributed by atoms with E-state index in [0.29, 0.717) is 48.2 Å². The van der Waals surface area contributed by atoms with Crippen LogP contribution < -0.4 is 10.1 Å². The zero-order chi connectivity index (χ0) is 21.5. The highest BCUT2D eigenvalue weighted by molar-refractivity contribution is 7.11. The summed E-state index contributed by atoms with van der Waals surface area (Å²) in [6.07, 6.45) is 2.67. The van der Waals surface area contributed by atoms with Crippen molar-refractivity contribution < 1.29 is 19.1 Å². The highest BCUT2D eigenvalue weighted by Crippen LogP contribution is 2.34. The summed E-state index contributed by atoms with van der Waals surface area (Å²) in [5.41, 5.74) is 1.25. The molecule has 1 aromatic carbocycles. The van der Waals surface area contributed by atoms with Gasteiger partial charge in [0.15, 0.2) is 0 Å². The van der Waals surface area contributed by atoms with E-state index < -0.39 is 0 Å². The second-order valence-corrected chi connectivity index (χ2v) is 8.14. The molecule has 0 fully saturated rings. The van der Waals surface area contributed by atoms with E-state index in [-0.39, 0.29) is 17.5 Å². The minimum atomic E-state index is -0.344. The summed E-state index contributed by atoms with van der Waals surface area (Å²) < 4.78 is 10.7. The Morgan fingerprint density at radius 1 is 1.13 bits per heavy atom. The van der Waals surface area contributed by atoms with Crippen LogP contribution in [-0.2, 0) is 14.3 Å². The summed E-state index contributed by atoms with van der Waals surface area (Å²) in [6.45, 7) is 3.63. The molecule has 3 rings (SSSR count). The number of benzene rings is 1. The van der Waals surface area contributed by atoms with Gasteiger partial charge in [-0.3, -0.25) is 14.5 Å². The molecule has 30 heavy (non-hydrogen) atoms. The smallest absolute Gasteiger partial charge is 0.278 e. The van der Waals surface area contributed by atoms with Gasteiger partial charge >= 0.3 is 0 Å². The van der Waals surface area contributed by atoms with Crippen molar-refractivity contribution in [3.05, 3.63) is 51.3 Å². The molecule has 2 aromatic rings. The molecule has 160 valence electrons. The van der Waals surface area contributed by atoms with Gasteiger partial charge in [-0.05, 0) is 42.5 Å². The first kappa shape index (κ1) is 22.3. The van der Waals surface area contributed by atoms with Crippen LogP contribution in [0, 0.1) is 0 Å². The zero-order valence-electron chi connectivity index (χ0n) is 17.1. The maximum absolute atomic E-state index is 13.1. The lowest BCUT2D eigenvalue weighted by Gasteiger charge is -2.15. The Morgan fingerprint density at radius 3 is 2.60 bits per heavy atom. The second-order valence-electron chi connectivity index (χ2n) is 6.78. The van der Waals surface area contributed by atoms with Gasteiger partial charge in [0.25, 0.3) is 11.8 Å². The summed E-state index contributed by atoms with van der Waals surface area (Å²) in [4.78, 5) is 28.2. The standard InChI is InChI=1S/C22H25ClN2O4S/c1-3-4-11-29-12-6-10-25-21(26)19(18-7-5-13-30-18)20(22(25)27)24-15-8-9-17(28-2)16(23)14-15/h5,7-9,13-14,24H,3-4,6,10-12H2,1-2H3. The van der Waals surface area contributed by atoms with Gasteiger partial charge in [-0.25, -0.2) is 0 Å². The summed E-state index contributed by atoms with van der Waals surface area (Å²) >= 11 is 7.63. The predicted molar refractivity (Wildman–Crippen MR) is 120 cm³/mol. The quantitative estimate of drug-likeness (QED) is 0.394. The van der Waals surface area contributed by atoms with E-state index in [9.17, 15) is 9.59 Å². The number of unbranched alkanes of at least 4 members (excludes halogenated alkanes) is 1. The van der Waals surface area contributed by atoms with E-state index in [0.717, 1.165) is 17.7 Å². The van der Waals surface area contributed by atoms with Crippen LogP contribution in [0.2, 0.25) is 5.02 Å². The number of methoxy groups -OCH3 is 1. The van der Waals surface area contributed by atoms with Crippen LogP contribution >= 0.6 is 22.9 Å². The molecule has 1 aliphatic heterocycles. The number of hydrogen-bond donors (Lipinski definition) is 1. The van der Waals surface area contributed by atoms with Crippen molar-refractivity contribution >= 4 is 46.0 Å². The topological polar surface area (TPSA) is 67.9 Å². The van der Waals surface area contributed by atoms with Crippen molar-refractivity contribution in [2.75, 3.05) is 32.2 Å². The monoisotopic (exact) mass is 448 g/mol. The van der Waals surface area contributed by atoms with Crippen molar-refractivity contribution in [2.45, 2.75) is 26.2 Å². The molecule has 1 aromatic heterocycles. The molecule has 6 nitrogen and oxygen atoms in total. The molecule has 0 spiro atoms. The van der Waals surface area contributed by atoms with Gasteiger partial charge in [0.05, 0.1) is 17.7 Å². The summed E-state index contributed by atoms with van der Waals surface area (Å²) in [5, 5.41) is 5.40. The molecule has 0 saturated heterocycles. The number of nitrogens with one attached hydrogen (secondary N) is 1. The van der Waals surface area contributed by atoms with Crippen molar-refractivity contribution in [3.8, 4) is 5.75 Å². The summed E-state index contributed by atoms with van der Waals surface area (Å²) in [6, 6.07) is 8.83. The lowest BCUT2D eigenvalue weighted by Crippen LogP contribution is -2.34. The van der Waals surface area contributed by atoms with Crippen LogP contribution in [0.25, 0.3) is 5.57 Å². The first-order valence-electron chi connectivity index (χ1n) is 9.89. The van der Waals surface area contributed by atoms with Crippen LogP contribution in [-0.4, -0.2) is 43.6 Å². The van der Waals surface area contributed by atoms with Crippen LogP contribution in [0.15, 0.2) is 41.4 Å². The fourth-order valence-electron chi connectivity index (χ4n) is 3.11. The van der Waals surface area contributed by atoms with Gasteiger partial charge in [0.2, 0.25) is 0 Å². The summed E-state index contributed by atoms with van der Waals surface area (Å²) in [5.74, 6) is -0.102. The second kappa shape index (κ2) is 10.6. The van der Waals surface area contributed by atoms with Gasteiger partial charge in [-0.2, -0.15) is 0 Å². The van der Waals surface area contributed by atoms with E-state index in [1.807, 2.05) is 17.5 Å². The number of ether oxygens (including phenoxy) is 2. The number of rotatable bonds is 11. The zero-order valence-corrected chi connectivity index (χ0v) is 18.6. The minimum Gasteiger partial charge on any atom is -0.495 e.